The lowest BCUT2D eigenvalue weighted by Gasteiger charge is -2.51. The number of hydrogen-bond donors (Lipinski definition) is 0. The maximum absolute atomic E-state index is 7.09. The van der Waals surface area contributed by atoms with Crippen LogP contribution in [0.4, 0.5) is 0 Å². The van der Waals surface area contributed by atoms with E-state index in [1.54, 1.807) is 0 Å². The molecular weight excluding hydrogens is 643 g/mol. The van der Waals surface area contributed by atoms with E-state index in [2.05, 4.69) is 163 Å². The Morgan fingerprint density at radius 2 is 0.788 bits per heavy atom. The molecule has 0 radical (unpaired) electrons. The number of ether oxygens (including phenoxy) is 4. The molecule has 1 aliphatic rings. The van der Waals surface area contributed by atoms with Crippen molar-refractivity contribution in [2.75, 3.05) is 13.2 Å². The second-order valence-electron chi connectivity index (χ2n) is 13.3. The molecule has 52 heavy (non-hydrogen) atoms. The van der Waals surface area contributed by atoms with E-state index in [0.717, 1.165) is 22.3 Å². The van der Waals surface area contributed by atoms with E-state index in [-0.39, 0.29) is 30.4 Å². The second-order valence-corrected chi connectivity index (χ2v) is 13.3. The Hall–Kier alpha value is -4.88. The highest BCUT2D eigenvalue weighted by Crippen LogP contribution is 2.38. The Bertz CT molecular complexity index is 1820. The van der Waals surface area contributed by atoms with Gasteiger partial charge in [0.25, 0.3) is 0 Å². The molecule has 1 heterocycles. The van der Waals surface area contributed by atoms with Gasteiger partial charge in [-0.1, -0.05) is 182 Å². The number of likely N-dealkylation sites (tertiary alicyclic amines) is 1. The topological polar surface area (TPSA) is 40.2 Å². The van der Waals surface area contributed by atoms with Crippen LogP contribution in [0.5, 0.6) is 0 Å². The van der Waals surface area contributed by atoms with Gasteiger partial charge in [0.15, 0.2) is 0 Å². The van der Waals surface area contributed by atoms with Crippen LogP contribution in [0.25, 0.3) is 0 Å². The third kappa shape index (κ3) is 9.51. The molecule has 0 unspecified atom stereocenters. The number of piperidine rings is 1. The Morgan fingerprint density at radius 1 is 0.423 bits per heavy atom. The summed E-state index contributed by atoms with van der Waals surface area (Å²) >= 11 is 0. The van der Waals surface area contributed by atoms with Gasteiger partial charge in [-0.15, -0.1) is 0 Å². The summed E-state index contributed by atoms with van der Waals surface area (Å²) < 4.78 is 27.7. The van der Waals surface area contributed by atoms with Gasteiger partial charge in [0, 0.05) is 6.54 Å². The van der Waals surface area contributed by atoms with E-state index >= 15 is 0 Å². The van der Waals surface area contributed by atoms with Crippen LogP contribution < -0.4 is 0 Å². The fraction of sp³-hybridized carbons (Fsp3) is 0.234. The van der Waals surface area contributed by atoms with Crippen molar-refractivity contribution >= 4 is 0 Å². The maximum Gasteiger partial charge on any atom is 0.113 e. The lowest BCUT2D eigenvalue weighted by atomic mass is 9.87. The molecule has 6 aromatic rings. The van der Waals surface area contributed by atoms with Gasteiger partial charge in [-0.2, -0.15) is 0 Å². The molecule has 1 fully saturated rings. The van der Waals surface area contributed by atoms with Gasteiger partial charge in [-0.25, -0.2) is 0 Å². The van der Waals surface area contributed by atoms with Gasteiger partial charge in [0.05, 0.1) is 51.2 Å². The molecule has 1 saturated heterocycles. The standard InChI is InChI=1S/C47H47NO4/c1-7-19-37(20-8-1)32-49-36-43-46(51-34-39-23-11-3-12-24-39)47(52-35-40-25-13-4-14-26-40)44(50-33-38-21-9-2-10-22-38)31-48(43)45(41-27-15-5-16-28-41)42-29-17-6-18-30-42/h1-30,43-47H,31-36H2/t43-,44+,46+,47-/m1/s1. The minimum atomic E-state index is -0.385. The fourth-order valence-electron chi connectivity index (χ4n) is 7.14. The number of benzene rings is 6. The quantitative estimate of drug-likeness (QED) is 0.101. The molecule has 0 saturated carbocycles. The zero-order valence-corrected chi connectivity index (χ0v) is 29.5. The highest BCUT2D eigenvalue weighted by Gasteiger charge is 2.48. The molecule has 0 aromatic heterocycles. The summed E-state index contributed by atoms with van der Waals surface area (Å²) in [6, 6.07) is 62.7. The first-order valence-electron chi connectivity index (χ1n) is 18.3. The third-order valence-electron chi connectivity index (χ3n) is 9.73. The summed E-state index contributed by atoms with van der Waals surface area (Å²) in [7, 11) is 0. The van der Waals surface area contributed by atoms with E-state index in [4.69, 9.17) is 18.9 Å². The van der Waals surface area contributed by atoms with Gasteiger partial charge in [-0.05, 0) is 33.4 Å². The molecule has 4 atom stereocenters. The molecule has 7 rings (SSSR count). The zero-order valence-electron chi connectivity index (χ0n) is 29.5. The average Bonchev–Trinajstić information content (AvgIpc) is 3.22. The Kier molecular flexibility index (Phi) is 12.7. The Labute approximate surface area is 308 Å². The van der Waals surface area contributed by atoms with E-state index in [1.165, 1.54) is 11.1 Å². The van der Waals surface area contributed by atoms with Gasteiger partial charge >= 0.3 is 0 Å². The van der Waals surface area contributed by atoms with Crippen molar-refractivity contribution in [3.63, 3.8) is 0 Å². The van der Waals surface area contributed by atoms with Crippen LogP contribution in [-0.4, -0.2) is 42.4 Å². The molecule has 0 spiro atoms. The number of rotatable bonds is 16. The molecule has 264 valence electrons. The van der Waals surface area contributed by atoms with E-state index in [9.17, 15) is 0 Å². The Balaban J connectivity index is 1.30. The SMILES string of the molecule is c1ccc(COC[C@@H]2[C@H](OCc3ccccc3)[C@H](OCc3ccccc3)[C@@H](OCc3ccccc3)CN2C(c2ccccc2)c2ccccc2)cc1. The lowest BCUT2D eigenvalue weighted by molar-refractivity contribution is -0.215. The molecule has 6 aromatic carbocycles. The highest BCUT2D eigenvalue weighted by atomic mass is 16.6. The number of hydrogen-bond acceptors (Lipinski definition) is 5. The first-order chi connectivity index (χ1) is 25.8. The predicted octanol–water partition coefficient (Wildman–Crippen LogP) is 9.43. The largest absolute Gasteiger partial charge is 0.375 e. The van der Waals surface area contributed by atoms with Crippen LogP contribution in [0.2, 0.25) is 0 Å². The fourth-order valence-corrected chi connectivity index (χ4v) is 7.14. The first-order valence-corrected chi connectivity index (χ1v) is 18.3. The van der Waals surface area contributed by atoms with E-state index in [0.29, 0.717) is 39.6 Å². The van der Waals surface area contributed by atoms with Crippen molar-refractivity contribution in [1.82, 2.24) is 4.90 Å². The highest BCUT2D eigenvalue weighted by molar-refractivity contribution is 5.33. The minimum absolute atomic E-state index is 0.0755. The van der Waals surface area contributed by atoms with Crippen molar-refractivity contribution in [1.29, 1.82) is 0 Å². The van der Waals surface area contributed by atoms with Crippen LogP contribution in [0.1, 0.15) is 39.4 Å². The van der Waals surface area contributed by atoms with Gasteiger partial charge in [0.2, 0.25) is 0 Å². The van der Waals surface area contributed by atoms with Crippen LogP contribution in [0.15, 0.2) is 182 Å². The monoisotopic (exact) mass is 689 g/mol. The Morgan fingerprint density at radius 3 is 1.23 bits per heavy atom. The summed E-state index contributed by atoms with van der Waals surface area (Å²) in [5, 5.41) is 0. The van der Waals surface area contributed by atoms with Crippen LogP contribution in [-0.2, 0) is 45.4 Å². The summed E-state index contributed by atoms with van der Waals surface area (Å²) in [5.74, 6) is 0. The van der Waals surface area contributed by atoms with Crippen LogP contribution in [0.3, 0.4) is 0 Å². The summed E-state index contributed by atoms with van der Waals surface area (Å²) in [6.07, 6.45) is -1.06. The molecule has 0 N–H and O–H groups in total. The normalized spacial score (nSPS) is 19.1. The molecule has 5 nitrogen and oxygen atoms in total. The zero-order chi connectivity index (χ0) is 35.2. The molecule has 0 bridgehead atoms. The van der Waals surface area contributed by atoms with Crippen LogP contribution in [0, 0.1) is 0 Å². The smallest absolute Gasteiger partial charge is 0.113 e. The van der Waals surface area contributed by atoms with E-state index < -0.39 is 0 Å². The number of nitrogens with zero attached hydrogens (tertiary/aromatic N) is 1. The average molecular weight is 690 g/mol. The summed E-state index contributed by atoms with van der Waals surface area (Å²) in [5.41, 5.74) is 6.87. The molecule has 0 amide bonds. The van der Waals surface area contributed by atoms with E-state index in [1.807, 2.05) is 24.3 Å². The molecule has 1 aliphatic heterocycles. The lowest BCUT2D eigenvalue weighted by Crippen LogP contribution is -2.65. The summed E-state index contributed by atoms with van der Waals surface area (Å²) in [4.78, 5) is 2.54. The van der Waals surface area contributed by atoms with Crippen molar-refractivity contribution in [2.45, 2.75) is 56.8 Å². The predicted molar refractivity (Wildman–Crippen MR) is 206 cm³/mol. The van der Waals surface area contributed by atoms with Gasteiger partial charge < -0.3 is 18.9 Å². The third-order valence-corrected chi connectivity index (χ3v) is 9.73. The van der Waals surface area contributed by atoms with Gasteiger partial charge in [0.1, 0.15) is 12.2 Å². The van der Waals surface area contributed by atoms with Gasteiger partial charge in [-0.3, -0.25) is 4.90 Å². The molecule has 5 heteroatoms. The van der Waals surface area contributed by atoms with Crippen molar-refractivity contribution < 1.29 is 18.9 Å². The second kappa shape index (κ2) is 18.6. The van der Waals surface area contributed by atoms with Crippen molar-refractivity contribution in [3.8, 4) is 0 Å². The van der Waals surface area contributed by atoms with Crippen LogP contribution >= 0.6 is 0 Å². The maximum atomic E-state index is 7.09. The molecular formula is C47H47NO4. The molecule has 0 aliphatic carbocycles. The summed E-state index contributed by atoms with van der Waals surface area (Å²) in [6.45, 7) is 2.91. The van der Waals surface area contributed by atoms with Crippen molar-refractivity contribution in [3.05, 3.63) is 215 Å². The minimum Gasteiger partial charge on any atom is -0.375 e. The first kappa shape index (κ1) is 35.5. The van der Waals surface area contributed by atoms with Crippen molar-refractivity contribution in [2.24, 2.45) is 0 Å².